The van der Waals surface area contributed by atoms with Gasteiger partial charge in [-0.25, -0.2) is 4.39 Å². The molecule has 1 heterocycles. The van der Waals surface area contributed by atoms with Crippen molar-refractivity contribution in [1.82, 2.24) is 20.1 Å². The molecule has 8 nitrogen and oxygen atoms in total. The molecule has 2 N–H and O–H groups in total. The fourth-order valence-corrected chi connectivity index (χ4v) is 4.24. The normalized spacial score (nSPS) is 10.6. The van der Waals surface area contributed by atoms with Gasteiger partial charge in [-0.15, -0.1) is 10.2 Å². The van der Waals surface area contributed by atoms with Gasteiger partial charge < -0.3 is 15.4 Å². The van der Waals surface area contributed by atoms with Crippen LogP contribution >= 0.6 is 23.4 Å². The van der Waals surface area contributed by atoms with Gasteiger partial charge in [-0.05, 0) is 48.5 Å². The SMILES string of the molecule is COc1cccc(C(=O)NCc2nnc(SCC(=O)Nc3ccccc3F)n2-c2cccc(Cl)c2)c1. The lowest BCUT2D eigenvalue weighted by Crippen LogP contribution is -2.24. The van der Waals surface area contributed by atoms with E-state index in [-0.39, 0.29) is 23.9 Å². The first-order valence-corrected chi connectivity index (χ1v) is 12.1. The van der Waals surface area contributed by atoms with E-state index in [4.69, 9.17) is 16.3 Å². The molecule has 0 aliphatic heterocycles. The molecular weight excluding hydrogens is 505 g/mol. The molecule has 4 rings (SSSR count). The molecule has 184 valence electrons. The first kappa shape index (κ1) is 25.2. The Balaban J connectivity index is 1.51. The molecule has 0 saturated heterocycles. The van der Waals surface area contributed by atoms with Crippen molar-refractivity contribution in [2.45, 2.75) is 11.7 Å². The summed E-state index contributed by atoms with van der Waals surface area (Å²) in [6.07, 6.45) is 0. The second-order valence-corrected chi connectivity index (χ2v) is 8.82. The molecular formula is C25H21ClFN5O3S. The van der Waals surface area contributed by atoms with Gasteiger partial charge in [-0.1, -0.05) is 47.6 Å². The maximum Gasteiger partial charge on any atom is 0.251 e. The number of carbonyl (C=O) groups excluding carboxylic acids is 2. The number of ether oxygens (including phenoxy) is 1. The number of nitrogens with zero attached hydrogens (tertiary/aromatic N) is 3. The van der Waals surface area contributed by atoms with Crippen LogP contribution in [0.25, 0.3) is 5.69 Å². The third-order valence-electron chi connectivity index (χ3n) is 4.99. The van der Waals surface area contributed by atoms with Gasteiger partial charge >= 0.3 is 0 Å². The molecule has 0 aliphatic rings. The van der Waals surface area contributed by atoms with Crippen molar-refractivity contribution in [2.24, 2.45) is 0 Å². The van der Waals surface area contributed by atoms with Gasteiger partial charge in [0.05, 0.1) is 30.8 Å². The summed E-state index contributed by atoms with van der Waals surface area (Å²) in [6, 6.07) is 19.7. The van der Waals surface area contributed by atoms with Gasteiger partial charge in [-0.3, -0.25) is 14.2 Å². The number of hydrogen-bond acceptors (Lipinski definition) is 6. The number of nitrogens with one attached hydrogen (secondary N) is 2. The summed E-state index contributed by atoms with van der Waals surface area (Å²) in [5.74, 6) is -0.273. The molecule has 36 heavy (non-hydrogen) atoms. The summed E-state index contributed by atoms with van der Waals surface area (Å²) in [4.78, 5) is 25.1. The second-order valence-electron chi connectivity index (χ2n) is 7.45. The zero-order valence-electron chi connectivity index (χ0n) is 19.1. The van der Waals surface area contributed by atoms with Crippen LogP contribution in [-0.2, 0) is 11.3 Å². The lowest BCUT2D eigenvalue weighted by atomic mass is 10.2. The van der Waals surface area contributed by atoms with Crippen molar-refractivity contribution in [3.05, 3.63) is 95.0 Å². The zero-order chi connectivity index (χ0) is 25.5. The average molecular weight is 526 g/mol. The number of rotatable bonds is 9. The van der Waals surface area contributed by atoms with Crippen LogP contribution in [0, 0.1) is 5.82 Å². The highest BCUT2D eigenvalue weighted by molar-refractivity contribution is 7.99. The van der Waals surface area contributed by atoms with Gasteiger partial charge in [0.1, 0.15) is 11.6 Å². The molecule has 3 aromatic carbocycles. The number of amides is 2. The Labute approximate surface area is 215 Å². The first-order valence-electron chi connectivity index (χ1n) is 10.7. The Bertz CT molecular complexity index is 1400. The Morgan fingerprint density at radius 2 is 1.86 bits per heavy atom. The predicted molar refractivity (Wildman–Crippen MR) is 136 cm³/mol. The fourth-order valence-electron chi connectivity index (χ4n) is 3.29. The third-order valence-corrected chi connectivity index (χ3v) is 6.15. The minimum Gasteiger partial charge on any atom is -0.497 e. The minimum atomic E-state index is -0.521. The number of anilines is 1. The molecule has 0 saturated carbocycles. The number of aromatic nitrogens is 3. The number of thioether (sulfide) groups is 1. The van der Waals surface area contributed by atoms with E-state index in [9.17, 15) is 14.0 Å². The van der Waals surface area contributed by atoms with Gasteiger partial charge in [0.2, 0.25) is 5.91 Å². The standard InChI is InChI=1S/C25H21ClFN5O3S/c1-35-19-9-4-6-16(12-19)24(34)28-14-22-30-31-25(32(22)18-8-5-7-17(26)13-18)36-15-23(33)29-21-11-3-2-10-20(21)27/h2-13H,14-15H2,1H3,(H,28,34)(H,29,33). The summed E-state index contributed by atoms with van der Waals surface area (Å²) in [7, 11) is 1.53. The van der Waals surface area contributed by atoms with Crippen molar-refractivity contribution in [3.63, 3.8) is 0 Å². The topological polar surface area (TPSA) is 98.1 Å². The molecule has 0 fully saturated rings. The molecule has 1 aromatic heterocycles. The maximum absolute atomic E-state index is 13.9. The Hall–Kier alpha value is -3.89. The van der Waals surface area contributed by atoms with Crippen LogP contribution < -0.4 is 15.4 Å². The van der Waals surface area contributed by atoms with Crippen LogP contribution in [0.15, 0.2) is 78.0 Å². The Morgan fingerprint density at radius 3 is 2.64 bits per heavy atom. The van der Waals surface area contributed by atoms with Crippen LogP contribution in [0.3, 0.4) is 0 Å². The van der Waals surface area contributed by atoms with E-state index in [1.165, 1.54) is 19.2 Å². The van der Waals surface area contributed by atoms with E-state index >= 15 is 0 Å². The molecule has 0 bridgehead atoms. The van der Waals surface area contributed by atoms with E-state index < -0.39 is 11.7 Å². The fraction of sp³-hybridized carbons (Fsp3) is 0.120. The van der Waals surface area contributed by atoms with Crippen molar-refractivity contribution in [3.8, 4) is 11.4 Å². The summed E-state index contributed by atoms with van der Waals surface area (Å²) in [5, 5.41) is 14.7. The third kappa shape index (κ3) is 6.21. The number of para-hydroxylation sites is 1. The molecule has 0 spiro atoms. The number of carbonyl (C=O) groups is 2. The highest BCUT2D eigenvalue weighted by Gasteiger charge is 2.18. The minimum absolute atomic E-state index is 0.0385. The van der Waals surface area contributed by atoms with E-state index in [0.717, 1.165) is 11.8 Å². The van der Waals surface area contributed by atoms with E-state index in [2.05, 4.69) is 20.8 Å². The number of hydrogen-bond donors (Lipinski definition) is 2. The van der Waals surface area contributed by atoms with Gasteiger partial charge in [0, 0.05) is 10.6 Å². The lowest BCUT2D eigenvalue weighted by Gasteiger charge is -2.12. The van der Waals surface area contributed by atoms with Crippen LogP contribution in [0.5, 0.6) is 5.75 Å². The summed E-state index contributed by atoms with van der Waals surface area (Å²) < 4.78 is 20.7. The quantitative estimate of drug-likeness (QED) is 0.307. The number of methoxy groups -OCH3 is 1. The monoisotopic (exact) mass is 525 g/mol. The average Bonchev–Trinajstić information content (AvgIpc) is 3.30. The molecule has 0 unspecified atom stereocenters. The number of halogens is 2. The predicted octanol–water partition coefficient (Wildman–Crippen LogP) is 4.73. The Morgan fingerprint density at radius 1 is 1.06 bits per heavy atom. The zero-order valence-corrected chi connectivity index (χ0v) is 20.6. The number of benzene rings is 3. The molecule has 0 radical (unpaired) electrons. The second kappa shape index (κ2) is 11.7. The summed E-state index contributed by atoms with van der Waals surface area (Å²) in [6.45, 7) is 0.0670. The highest BCUT2D eigenvalue weighted by atomic mass is 35.5. The van der Waals surface area contributed by atoms with Gasteiger partial charge in [-0.2, -0.15) is 0 Å². The molecule has 0 atom stereocenters. The molecule has 11 heteroatoms. The van der Waals surface area contributed by atoms with Crippen LogP contribution in [0.2, 0.25) is 5.02 Å². The van der Waals surface area contributed by atoms with Crippen LogP contribution in [0.4, 0.5) is 10.1 Å². The molecule has 0 aliphatic carbocycles. The lowest BCUT2D eigenvalue weighted by molar-refractivity contribution is -0.113. The van der Waals surface area contributed by atoms with Crippen molar-refractivity contribution in [2.75, 3.05) is 18.2 Å². The largest absolute Gasteiger partial charge is 0.497 e. The summed E-state index contributed by atoms with van der Waals surface area (Å²) >= 11 is 7.31. The first-order chi connectivity index (χ1) is 17.4. The van der Waals surface area contributed by atoms with E-state index in [1.54, 1.807) is 59.2 Å². The van der Waals surface area contributed by atoms with Crippen molar-refractivity contribution < 1.29 is 18.7 Å². The Kier molecular flexibility index (Phi) is 8.19. The van der Waals surface area contributed by atoms with Crippen molar-refractivity contribution in [1.29, 1.82) is 0 Å². The van der Waals surface area contributed by atoms with E-state index in [0.29, 0.717) is 33.0 Å². The van der Waals surface area contributed by atoms with Crippen LogP contribution in [-0.4, -0.2) is 39.4 Å². The molecule has 2 amide bonds. The molecule has 4 aromatic rings. The van der Waals surface area contributed by atoms with Crippen molar-refractivity contribution >= 4 is 40.9 Å². The van der Waals surface area contributed by atoms with Crippen LogP contribution in [0.1, 0.15) is 16.2 Å². The maximum atomic E-state index is 13.9. The van der Waals surface area contributed by atoms with Gasteiger partial charge in [0.25, 0.3) is 5.91 Å². The van der Waals surface area contributed by atoms with E-state index in [1.807, 2.05) is 6.07 Å². The van der Waals surface area contributed by atoms with Gasteiger partial charge in [0.15, 0.2) is 11.0 Å². The smallest absolute Gasteiger partial charge is 0.251 e. The highest BCUT2D eigenvalue weighted by Crippen LogP contribution is 2.25. The summed E-state index contributed by atoms with van der Waals surface area (Å²) in [5.41, 5.74) is 1.19.